The van der Waals surface area contributed by atoms with Crippen LogP contribution in [0.15, 0.2) is 34.3 Å². The van der Waals surface area contributed by atoms with Gasteiger partial charge in [0.15, 0.2) is 40.2 Å². The third-order valence-electron chi connectivity index (χ3n) is 7.62. The zero-order valence-corrected chi connectivity index (χ0v) is 34.2. The van der Waals surface area contributed by atoms with E-state index in [1.165, 1.54) is 11.1 Å². The van der Waals surface area contributed by atoms with Gasteiger partial charge in [0.2, 0.25) is 5.91 Å². The molecule has 2 atom stereocenters. The maximum absolute atomic E-state index is 13.2. The van der Waals surface area contributed by atoms with E-state index in [0.29, 0.717) is 19.5 Å². The molecule has 0 aliphatic carbocycles. The van der Waals surface area contributed by atoms with E-state index < -0.39 is 5.91 Å². The van der Waals surface area contributed by atoms with Gasteiger partial charge in [-0.15, -0.1) is 0 Å². The predicted molar refractivity (Wildman–Crippen MR) is 223 cm³/mol. The van der Waals surface area contributed by atoms with Crippen molar-refractivity contribution < 1.29 is 14.4 Å². The first kappa shape index (κ1) is 50.3. The highest BCUT2D eigenvalue weighted by atomic mass is 35.5. The first-order valence-corrected chi connectivity index (χ1v) is 17.2. The number of likely N-dealkylation sites (N-methyl/N-ethyl adjacent to an activating group) is 1. The molecule has 2 aromatic rings. The molecule has 18 heteroatoms. The Balaban J connectivity index is 0. The molecule has 2 rings (SSSR count). The summed E-state index contributed by atoms with van der Waals surface area (Å²) in [6, 6.07) is 8.48. The lowest BCUT2D eigenvalue weighted by Crippen LogP contribution is -2.39. The number of hydrogen-bond acceptors (Lipinski definition) is 10. The van der Waals surface area contributed by atoms with E-state index in [0.717, 1.165) is 44.9 Å². The molecule has 0 bridgehead atoms. The van der Waals surface area contributed by atoms with Crippen LogP contribution in [0.2, 0.25) is 5.15 Å². The molecule has 1 heterocycles. The fraction of sp³-hybridized carbons (Fsp3) is 0.559. The number of carbonyl (C=O) groups excluding carboxylic acids is 3. The number of ketones is 1. The van der Waals surface area contributed by atoms with Gasteiger partial charge < -0.3 is 33.6 Å². The van der Waals surface area contributed by atoms with Crippen LogP contribution in [0, 0.1) is 5.92 Å². The SMILES string of the molecule is CCCN=C(N)NC(=O)c1nc(Cl)c(N)nc1N.CCCc1ccc(CC[C@@H](C(=O)C[C@@H](CCCCN=C(N)N)C(=O)N(C)C)N(C)C)cc1.S.S. The third-order valence-corrected chi connectivity index (χ3v) is 7.90. The fourth-order valence-electron chi connectivity index (χ4n) is 5.00. The van der Waals surface area contributed by atoms with Crippen LogP contribution in [0.3, 0.4) is 0 Å². The Morgan fingerprint density at radius 1 is 0.827 bits per heavy atom. The van der Waals surface area contributed by atoms with Crippen molar-refractivity contribution in [2.45, 2.75) is 77.7 Å². The Labute approximate surface area is 327 Å². The minimum Gasteiger partial charge on any atom is -0.382 e. The van der Waals surface area contributed by atoms with Gasteiger partial charge in [-0.1, -0.05) is 62.6 Å². The van der Waals surface area contributed by atoms with Crippen molar-refractivity contribution in [2.24, 2.45) is 33.1 Å². The maximum Gasteiger partial charge on any atom is 0.280 e. The van der Waals surface area contributed by atoms with Gasteiger partial charge in [-0.25, -0.2) is 9.97 Å². The van der Waals surface area contributed by atoms with Gasteiger partial charge in [-0.3, -0.25) is 34.6 Å². The van der Waals surface area contributed by atoms with Crippen molar-refractivity contribution in [3.63, 3.8) is 0 Å². The average Bonchev–Trinajstić information content (AvgIpc) is 3.05. The van der Waals surface area contributed by atoms with E-state index in [2.05, 4.69) is 56.5 Å². The molecule has 52 heavy (non-hydrogen) atoms. The second-order valence-corrected chi connectivity index (χ2v) is 12.7. The zero-order valence-electron chi connectivity index (χ0n) is 31.4. The van der Waals surface area contributed by atoms with Crippen LogP contribution < -0.4 is 34.0 Å². The highest BCUT2D eigenvalue weighted by Gasteiger charge is 2.28. The molecule has 0 fully saturated rings. The topological polar surface area (TPSA) is 250 Å². The third kappa shape index (κ3) is 19.2. The van der Waals surface area contributed by atoms with Crippen molar-refractivity contribution in [2.75, 3.05) is 52.7 Å². The Morgan fingerprint density at radius 3 is 1.94 bits per heavy atom. The summed E-state index contributed by atoms with van der Waals surface area (Å²) in [7, 11) is 7.35. The van der Waals surface area contributed by atoms with Crippen molar-refractivity contribution in [3.05, 3.63) is 46.2 Å². The lowest BCUT2D eigenvalue weighted by Gasteiger charge is -2.26. The van der Waals surface area contributed by atoms with Crippen molar-refractivity contribution in [1.29, 1.82) is 0 Å². The van der Waals surface area contributed by atoms with Crippen molar-refractivity contribution in [3.8, 4) is 0 Å². The molecule has 0 saturated heterocycles. The Kier molecular flexibility index (Phi) is 26.0. The average molecular weight is 786 g/mol. The van der Waals surface area contributed by atoms with E-state index in [-0.39, 0.29) is 91.5 Å². The molecule has 0 aliphatic heterocycles. The van der Waals surface area contributed by atoms with E-state index >= 15 is 0 Å². The lowest BCUT2D eigenvalue weighted by atomic mass is 9.90. The molecule has 1 aromatic carbocycles. The molecule has 15 nitrogen and oxygen atoms in total. The summed E-state index contributed by atoms with van der Waals surface area (Å²) in [4.78, 5) is 56.5. The van der Waals surface area contributed by atoms with Crippen molar-refractivity contribution >= 4 is 79.7 Å². The molecule has 0 saturated carbocycles. The Bertz CT molecular complexity index is 1440. The summed E-state index contributed by atoms with van der Waals surface area (Å²) >= 11 is 5.65. The van der Waals surface area contributed by atoms with Gasteiger partial charge >= 0.3 is 0 Å². The minimum atomic E-state index is -0.640. The number of benzene rings is 1. The second-order valence-electron chi connectivity index (χ2n) is 12.3. The molecule has 0 radical (unpaired) electrons. The number of aliphatic imine (C=N–C) groups is 2. The van der Waals surface area contributed by atoms with Crippen LogP contribution in [-0.4, -0.2) is 96.6 Å². The molecule has 0 aliphatic rings. The maximum atomic E-state index is 13.2. The zero-order chi connectivity index (χ0) is 37.8. The second kappa shape index (κ2) is 26.9. The number of halogens is 1. The number of nitrogens with one attached hydrogen (secondary N) is 1. The monoisotopic (exact) mass is 784 g/mol. The number of aromatic nitrogens is 2. The number of nitrogens with two attached hydrogens (primary N) is 5. The normalized spacial score (nSPS) is 11.9. The predicted octanol–water partition coefficient (Wildman–Crippen LogP) is 2.58. The quantitative estimate of drug-likeness (QED) is 0.0728. The van der Waals surface area contributed by atoms with Crippen LogP contribution in [0.1, 0.15) is 80.4 Å². The molecule has 11 N–H and O–H groups in total. The van der Waals surface area contributed by atoms with Gasteiger partial charge in [-0.05, 0) is 63.7 Å². The van der Waals surface area contributed by atoms with E-state index in [1.54, 1.807) is 19.0 Å². The Morgan fingerprint density at radius 2 is 1.42 bits per heavy atom. The molecule has 294 valence electrons. The summed E-state index contributed by atoms with van der Waals surface area (Å²) < 4.78 is 0. The van der Waals surface area contributed by atoms with Gasteiger partial charge in [0, 0.05) is 39.5 Å². The number of hydrogen-bond donors (Lipinski definition) is 6. The number of Topliss-reactive ketones (excluding diaryl/α,β-unsaturated/α-hetero) is 1. The summed E-state index contributed by atoms with van der Waals surface area (Å²) in [5.74, 6) is -0.931. The number of amides is 2. The van der Waals surface area contributed by atoms with Crippen LogP contribution in [0.25, 0.3) is 0 Å². The molecular weight excluding hydrogens is 724 g/mol. The smallest absolute Gasteiger partial charge is 0.280 e. The Hall–Kier alpha value is -3.80. The number of carbonyl (C=O) groups is 3. The first-order chi connectivity index (χ1) is 23.6. The number of anilines is 2. The summed E-state index contributed by atoms with van der Waals surface area (Å²) in [6.45, 7) is 5.16. The lowest BCUT2D eigenvalue weighted by molar-refractivity contribution is -0.137. The van der Waals surface area contributed by atoms with Gasteiger partial charge in [-0.2, -0.15) is 27.0 Å². The largest absolute Gasteiger partial charge is 0.382 e. The van der Waals surface area contributed by atoms with Crippen molar-refractivity contribution in [1.82, 2.24) is 25.1 Å². The molecular formula is C34H61ClN12O3S2. The highest BCUT2D eigenvalue weighted by Crippen LogP contribution is 2.20. The number of unbranched alkanes of at least 4 members (excludes halogenated alkanes) is 1. The highest BCUT2D eigenvalue weighted by molar-refractivity contribution is 7.59. The summed E-state index contributed by atoms with van der Waals surface area (Å²) in [6.07, 6.45) is 7.12. The fourth-order valence-corrected chi connectivity index (χ4v) is 5.12. The number of aryl methyl sites for hydroxylation is 2. The van der Waals surface area contributed by atoms with Crippen LogP contribution in [-0.2, 0) is 22.4 Å². The van der Waals surface area contributed by atoms with Crippen LogP contribution >= 0.6 is 38.6 Å². The number of rotatable bonds is 18. The number of guanidine groups is 2. The standard InChI is InChI=1S/C25H43N5O2.C9H14ClN7O.2H2S/c1-6-9-19-11-13-20(14-12-19)15-16-22(29(2)3)23(31)18-21(24(32)30(4)5)10-7-8-17-28-25(26)27;1-2-3-14-9(13)17-8(18)4-6(11)16-7(12)5(10)15-4;;/h11-14,21-22H,6-10,15-18H2,1-5H3,(H4,26,27,28);2-3H2,1H3,(H4,11,12,16)(H3,13,14,17,18);2*1H2/t21-,22+;;;/m1.../s1. The van der Waals surface area contributed by atoms with Crippen LogP contribution in [0.5, 0.6) is 0 Å². The number of nitrogen functional groups attached to an aromatic ring is 2. The molecule has 0 unspecified atom stereocenters. The minimum absolute atomic E-state index is 0. The van der Waals surface area contributed by atoms with Gasteiger partial charge in [0.25, 0.3) is 5.91 Å². The van der Waals surface area contributed by atoms with Crippen LogP contribution in [0.4, 0.5) is 11.6 Å². The van der Waals surface area contributed by atoms with E-state index in [1.807, 2.05) is 25.9 Å². The molecule has 0 spiro atoms. The first-order valence-electron chi connectivity index (χ1n) is 16.8. The van der Waals surface area contributed by atoms with Gasteiger partial charge in [0.05, 0.1) is 6.04 Å². The van der Waals surface area contributed by atoms with Gasteiger partial charge in [0.1, 0.15) is 0 Å². The summed E-state index contributed by atoms with van der Waals surface area (Å²) in [5, 5.41) is 2.23. The van der Waals surface area contributed by atoms with E-state index in [4.69, 9.17) is 40.3 Å². The molecule has 1 aromatic heterocycles. The summed E-state index contributed by atoms with van der Waals surface area (Å²) in [5.41, 5.74) is 29.5. The van der Waals surface area contributed by atoms with E-state index in [9.17, 15) is 14.4 Å². The molecule has 2 amide bonds. The number of nitrogens with zero attached hydrogens (tertiary/aromatic N) is 6.